The van der Waals surface area contributed by atoms with Crippen molar-refractivity contribution >= 4 is 11.8 Å². The van der Waals surface area contributed by atoms with Gasteiger partial charge in [-0.15, -0.1) is 10.2 Å². The lowest BCUT2D eigenvalue weighted by Gasteiger charge is -2.09. The Hall–Kier alpha value is -1.80. The Labute approximate surface area is 111 Å². The Morgan fingerprint density at radius 1 is 1.22 bits per heavy atom. The van der Waals surface area contributed by atoms with E-state index in [-0.39, 0.29) is 5.25 Å². The molecular weight excluding hydrogens is 244 g/mol. The molecule has 0 saturated carbocycles. The summed E-state index contributed by atoms with van der Waals surface area (Å²) in [6, 6.07) is 10.4. The van der Waals surface area contributed by atoms with Crippen molar-refractivity contribution in [2.45, 2.75) is 31.2 Å². The number of thioether (sulfide) groups is 1. The summed E-state index contributed by atoms with van der Waals surface area (Å²) in [5.41, 5.74) is 2.24. The molecule has 18 heavy (non-hydrogen) atoms. The van der Waals surface area contributed by atoms with Crippen molar-refractivity contribution in [3.8, 4) is 11.8 Å². The number of nitrogens with zero attached hydrogens (tertiary/aromatic N) is 4. The van der Waals surface area contributed by atoms with Crippen molar-refractivity contribution in [1.82, 2.24) is 14.8 Å². The van der Waals surface area contributed by atoms with Gasteiger partial charge in [-0.2, -0.15) is 5.26 Å². The second-order valence-electron chi connectivity index (χ2n) is 4.09. The second kappa shape index (κ2) is 5.23. The molecule has 2 aromatic rings. The van der Waals surface area contributed by atoms with Gasteiger partial charge in [0.2, 0.25) is 0 Å². The molecule has 0 amide bonds. The monoisotopic (exact) mass is 258 g/mol. The molecule has 1 heterocycles. The van der Waals surface area contributed by atoms with Crippen LogP contribution in [0.15, 0.2) is 29.4 Å². The smallest absolute Gasteiger partial charge is 0.197 e. The number of benzene rings is 1. The van der Waals surface area contributed by atoms with Gasteiger partial charge in [-0.05, 0) is 32.9 Å². The minimum Gasteiger partial charge on any atom is -0.274 e. The van der Waals surface area contributed by atoms with Gasteiger partial charge in [0.25, 0.3) is 0 Å². The highest BCUT2D eigenvalue weighted by molar-refractivity contribution is 8.00. The lowest BCUT2D eigenvalue weighted by Crippen LogP contribution is -2.01. The quantitative estimate of drug-likeness (QED) is 0.794. The van der Waals surface area contributed by atoms with Crippen LogP contribution in [0.5, 0.6) is 0 Å². The number of hydrogen-bond acceptors (Lipinski definition) is 4. The average Bonchev–Trinajstić information content (AvgIpc) is 2.72. The van der Waals surface area contributed by atoms with E-state index in [0.29, 0.717) is 0 Å². The Kier molecular flexibility index (Phi) is 3.68. The van der Waals surface area contributed by atoms with Gasteiger partial charge in [-0.1, -0.05) is 29.5 Å². The highest BCUT2D eigenvalue weighted by Gasteiger charge is 2.14. The van der Waals surface area contributed by atoms with Gasteiger partial charge in [-0.25, -0.2) is 0 Å². The predicted octanol–water partition coefficient (Wildman–Crippen LogP) is 2.89. The lowest BCUT2D eigenvalue weighted by atomic mass is 10.2. The first kappa shape index (κ1) is 12.7. The van der Waals surface area contributed by atoms with Crippen LogP contribution in [0.1, 0.15) is 18.3 Å². The number of rotatable bonds is 3. The zero-order valence-corrected chi connectivity index (χ0v) is 11.4. The summed E-state index contributed by atoms with van der Waals surface area (Å²) in [7, 11) is 0. The van der Waals surface area contributed by atoms with E-state index in [4.69, 9.17) is 5.26 Å². The summed E-state index contributed by atoms with van der Waals surface area (Å²) in [6.45, 7) is 5.82. The van der Waals surface area contributed by atoms with E-state index in [1.807, 2.05) is 30.5 Å². The predicted molar refractivity (Wildman–Crippen MR) is 71.8 cm³/mol. The van der Waals surface area contributed by atoms with Crippen LogP contribution in [0.4, 0.5) is 0 Å². The van der Waals surface area contributed by atoms with Crippen LogP contribution in [-0.2, 0) is 0 Å². The molecule has 0 saturated heterocycles. The third kappa shape index (κ3) is 2.54. The van der Waals surface area contributed by atoms with Crippen molar-refractivity contribution in [2.75, 3.05) is 0 Å². The molecule has 5 heteroatoms. The highest BCUT2D eigenvalue weighted by atomic mass is 32.2. The molecular formula is C13H14N4S. The number of nitriles is 1. The fourth-order valence-corrected chi connectivity index (χ4v) is 2.39. The number of aryl methyl sites for hydroxylation is 2. The molecule has 92 valence electrons. The van der Waals surface area contributed by atoms with Crippen LogP contribution in [0.25, 0.3) is 5.69 Å². The zero-order chi connectivity index (χ0) is 13.1. The maximum absolute atomic E-state index is 8.87. The minimum absolute atomic E-state index is 0.141. The largest absolute Gasteiger partial charge is 0.274 e. The van der Waals surface area contributed by atoms with Crippen LogP contribution in [0.2, 0.25) is 0 Å². The summed E-state index contributed by atoms with van der Waals surface area (Å²) in [5, 5.41) is 17.7. The lowest BCUT2D eigenvalue weighted by molar-refractivity contribution is 0.866. The molecule has 0 spiro atoms. The number of aromatic nitrogens is 3. The topological polar surface area (TPSA) is 54.5 Å². The van der Waals surface area contributed by atoms with Gasteiger partial charge in [0.1, 0.15) is 5.82 Å². The van der Waals surface area contributed by atoms with Crippen molar-refractivity contribution in [3.05, 3.63) is 35.7 Å². The maximum Gasteiger partial charge on any atom is 0.197 e. The Balaban J connectivity index is 2.41. The molecule has 0 aliphatic heterocycles. The molecule has 1 atom stereocenters. The Bertz CT molecular complexity index is 580. The average molecular weight is 258 g/mol. The zero-order valence-electron chi connectivity index (χ0n) is 10.6. The molecule has 0 fully saturated rings. The standard InChI is InChI=1S/C13H14N4S/c1-9-4-6-12(7-5-9)17-11(3)15-16-13(17)18-10(2)8-14/h4-7,10H,1-3H3/t10-/m0/s1. The molecule has 0 aliphatic rings. The third-order valence-corrected chi connectivity index (χ3v) is 3.49. The first-order chi connectivity index (χ1) is 8.61. The molecule has 0 radical (unpaired) electrons. The molecule has 0 N–H and O–H groups in total. The van der Waals surface area contributed by atoms with Crippen LogP contribution in [0, 0.1) is 25.2 Å². The molecule has 1 aromatic carbocycles. The normalized spacial score (nSPS) is 12.1. The molecule has 0 unspecified atom stereocenters. The SMILES string of the molecule is Cc1ccc(-n2c(C)nnc2S[C@@H](C)C#N)cc1. The van der Waals surface area contributed by atoms with E-state index in [9.17, 15) is 0 Å². The Morgan fingerprint density at radius 3 is 2.50 bits per heavy atom. The van der Waals surface area contributed by atoms with Gasteiger partial charge < -0.3 is 0 Å². The summed E-state index contributed by atoms with van der Waals surface area (Å²) in [4.78, 5) is 0. The van der Waals surface area contributed by atoms with E-state index in [1.54, 1.807) is 0 Å². The third-order valence-electron chi connectivity index (χ3n) is 2.55. The van der Waals surface area contributed by atoms with Gasteiger partial charge in [0, 0.05) is 5.69 Å². The van der Waals surface area contributed by atoms with Crippen molar-refractivity contribution < 1.29 is 0 Å². The summed E-state index contributed by atoms with van der Waals surface area (Å²) in [6.07, 6.45) is 0. The van der Waals surface area contributed by atoms with Crippen molar-refractivity contribution in [3.63, 3.8) is 0 Å². The summed E-state index contributed by atoms with van der Waals surface area (Å²) in [5.74, 6) is 0.825. The summed E-state index contributed by atoms with van der Waals surface area (Å²) >= 11 is 1.42. The maximum atomic E-state index is 8.87. The fourth-order valence-electron chi connectivity index (χ4n) is 1.59. The molecule has 0 aliphatic carbocycles. The van der Waals surface area contributed by atoms with Gasteiger partial charge >= 0.3 is 0 Å². The molecule has 4 nitrogen and oxygen atoms in total. The Morgan fingerprint density at radius 2 is 1.89 bits per heavy atom. The van der Waals surface area contributed by atoms with Crippen molar-refractivity contribution in [1.29, 1.82) is 5.26 Å². The molecule has 0 bridgehead atoms. The first-order valence-corrected chi connectivity index (χ1v) is 6.55. The summed E-state index contributed by atoms with van der Waals surface area (Å²) < 4.78 is 1.97. The van der Waals surface area contributed by atoms with E-state index in [1.165, 1.54) is 17.3 Å². The highest BCUT2D eigenvalue weighted by Crippen LogP contribution is 2.25. The van der Waals surface area contributed by atoms with Crippen LogP contribution in [-0.4, -0.2) is 20.0 Å². The van der Waals surface area contributed by atoms with Gasteiger partial charge in [-0.3, -0.25) is 4.57 Å². The second-order valence-corrected chi connectivity index (χ2v) is 5.40. The fraction of sp³-hybridized carbons (Fsp3) is 0.308. The van der Waals surface area contributed by atoms with Gasteiger partial charge in [0.05, 0.1) is 11.3 Å². The van der Waals surface area contributed by atoms with Crippen LogP contribution >= 0.6 is 11.8 Å². The van der Waals surface area contributed by atoms with Crippen LogP contribution in [0.3, 0.4) is 0 Å². The first-order valence-electron chi connectivity index (χ1n) is 5.67. The molecule has 1 aromatic heterocycles. The molecule has 2 rings (SSSR count). The number of hydrogen-bond donors (Lipinski definition) is 0. The minimum atomic E-state index is -0.141. The van der Waals surface area contributed by atoms with E-state index in [2.05, 4.69) is 35.3 Å². The van der Waals surface area contributed by atoms with E-state index >= 15 is 0 Å². The van der Waals surface area contributed by atoms with E-state index < -0.39 is 0 Å². The van der Waals surface area contributed by atoms with Gasteiger partial charge in [0.15, 0.2) is 5.16 Å². The van der Waals surface area contributed by atoms with Crippen molar-refractivity contribution in [2.24, 2.45) is 0 Å². The van der Waals surface area contributed by atoms with Crippen LogP contribution < -0.4 is 0 Å². The van der Waals surface area contributed by atoms with E-state index in [0.717, 1.165) is 16.7 Å².